The zero-order chi connectivity index (χ0) is 16.1. The molecule has 0 aromatic carbocycles. The molecule has 118 valence electrons. The lowest BCUT2D eigenvalue weighted by atomic mass is 10.0. The Morgan fingerprint density at radius 1 is 1.64 bits per heavy atom. The number of rotatable bonds is 3. The average molecular weight is 307 g/mol. The van der Waals surface area contributed by atoms with Crippen LogP contribution in [0.4, 0.5) is 5.82 Å². The van der Waals surface area contributed by atoms with Gasteiger partial charge in [0.15, 0.2) is 5.82 Å². The molecule has 9 heteroatoms. The number of nitrogens with zero attached hydrogens (tertiary/aromatic N) is 3. The van der Waals surface area contributed by atoms with E-state index in [0.717, 1.165) is 0 Å². The van der Waals surface area contributed by atoms with Gasteiger partial charge in [0.05, 0.1) is 29.6 Å². The van der Waals surface area contributed by atoms with E-state index in [0.29, 0.717) is 5.69 Å². The molecule has 1 amide bonds. The van der Waals surface area contributed by atoms with E-state index in [-0.39, 0.29) is 29.9 Å². The predicted octanol–water partition coefficient (Wildman–Crippen LogP) is -1.02. The van der Waals surface area contributed by atoms with Crippen molar-refractivity contribution in [2.24, 2.45) is 5.73 Å². The molecule has 0 saturated carbocycles. The smallest absolute Gasteiger partial charge is 0.251 e. The fourth-order valence-electron chi connectivity index (χ4n) is 2.82. The minimum atomic E-state index is -0.861. The summed E-state index contributed by atoms with van der Waals surface area (Å²) in [5.74, 6) is -0.574. The maximum absolute atomic E-state index is 11.6. The van der Waals surface area contributed by atoms with Crippen LogP contribution in [-0.2, 0) is 4.74 Å². The largest absolute Gasteiger partial charge is 0.393 e. The molecule has 1 aliphatic rings. The quantitative estimate of drug-likeness (QED) is 0.567. The summed E-state index contributed by atoms with van der Waals surface area (Å²) < 4.78 is 7.15. The molecule has 3 rings (SSSR count). The molecule has 0 aliphatic carbocycles. The lowest BCUT2D eigenvalue weighted by Gasteiger charge is -2.21. The second-order valence-electron chi connectivity index (χ2n) is 5.67. The van der Waals surface area contributed by atoms with Gasteiger partial charge < -0.3 is 26.4 Å². The fraction of sp³-hybridized carbons (Fsp3) is 0.462. The van der Waals surface area contributed by atoms with Gasteiger partial charge in [-0.05, 0) is 13.0 Å². The van der Waals surface area contributed by atoms with Crippen LogP contribution in [0.1, 0.15) is 35.5 Å². The first-order valence-electron chi connectivity index (χ1n) is 6.75. The normalized spacial score (nSPS) is 28.3. The third-order valence-corrected chi connectivity index (χ3v) is 3.90. The van der Waals surface area contributed by atoms with Crippen molar-refractivity contribution in [3.63, 3.8) is 0 Å². The maximum Gasteiger partial charge on any atom is 0.251 e. The van der Waals surface area contributed by atoms with Crippen LogP contribution < -0.4 is 11.5 Å². The van der Waals surface area contributed by atoms with Crippen LogP contribution in [0.5, 0.6) is 0 Å². The van der Waals surface area contributed by atoms with Crippen molar-refractivity contribution in [2.75, 3.05) is 12.3 Å². The van der Waals surface area contributed by atoms with E-state index in [1.165, 1.54) is 16.9 Å². The number of ether oxygens (including phenoxy) is 1. The van der Waals surface area contributed by atoms with E-state index >= 15 is 0 Å². The van der Waals surface area contributed by atoms with E-state index < -0.39 is 23.7 Å². The van der Waals surface area contributed by atoms with Gasteiger partial charge in [-0.1, -0.05) is 0 Å². The molecule has 22 heavy (non-hydrogen) atoms. The van der Waals surface area contributed by atoms with Gasteiger partial charge in [-0.15, -0.1) is 0 Å². The molecule has 2 aromatic rings. The Balaban J connectivity index is 2.16. The Morgan fingerprint density at radius 2 is 2.36 bits per heavy atom. The molecule has 3 unspecified atom stereocenters. The first-order valence-corrected chi connectivity index (χ1v) is 6.75. The molecular weight excluding hydrogens is 290 g/mol. The van der Waals surface area contributed by atoms with E-state index in [9.17, 15) is 15.0 Å². The van der Waals surface area contributed by atoms with Crippen molar-refractivity contribution in [3.05, 3.63) is 23.7 Å². The third-order valence-electron chi connectivity index (χ3n) is 3.90. The number of amides is 1. The van der Waals surface area contributed by atoms with Gasteiger partial charge >= 0.3 is 0 Å². The van der Waals surface area contributed by atoms with E-state index in [2.05, 4.69) is 10.1 Å². The number of nitrogen functional groups attached to an aromatic ring is 1. The lowest BCUT2D eigenvalue weighted by molar-refractivity contribution is -0.0719. The summed E-state index contributed by atoms with van der Waals surface area (Å²) in [6.45, 7) is 1.47. The topological polar surface area (TPSA) is 149 Å². The number of aromatic nitrogens is 3. The molecular formula is C13H17N5O4. The van der Waals surface area contributed by atoms with Crippen LogP contribution in [0.15, 0.2) is 12.4 Å². The standard InChI is InChI=1S/C13H17N5O4/c1-13(4-19)3-8(20)10(22-13)7-2-6(12(15)21)9-11(14)16-5-17-18(7)9/h2,5,8,10,19-20H,3-4H2,1H3,(H2,15,21)(H2,14,16,17). The third kappa shape index (κ3) is 2.10. The van der Waals surface area contributed by atoms with Crippen molar-refractivity contribution in [1.82, 2.24) is 14.6 Å². The zero-order valence-corrected chi connectivity index (χ0v) is 11.9. The Hall–Kier alpha value is -2.23. The van der Waals surface area contributed by atoms with Crippen LogP contribution in [0.3, 0.4) is 0 Å². The highest BCUT2D eigenvalue weighted by atomic mass is 16.5. The van der Waals surface area contributed by atoms with Crippen LogP contribution >= 0.6 is 0 Å². The highest BCUT2D eigenvalue weighted by Gasteiger charge is 2.44. The van der Waals surface area contributed by atoms with Crippen molar-refractivity contribution < 1.29 is 19.7 Å². The summed E-state index contributed by atoms with van der Waals surface area (Å²) in [6.07, 6.45) is -0.115. The number of aliphatic hydroxyl groups excluding tert-OH is 2. The number of hydrogen-bond acceptors (Lipinski definition) is 7. The summed E-state index contributed by atoms with van der Waals surface area (Å²) in [7, 11) is 0. The van der Waals surface area contributed by atoms with Crippen LogP contribution in [0.25, 0.3) is 5.52 Å². The highest BCUT2D eigenvalue weighted by Crippen LogP contribution is 2.40. The average Bonchev–Trinajstić information content (AvgIpc) is 2.98. The van der Waals surface area contributed by atoms with E-state index in [1.54, 1.807) is 6.92 Å². The second kappa shape index (κ2) is 4.90. The minimum Gasteiger partial charge on any atom is -0.393 e. The van der Waals surface area contributed by atoms with Crippen molar-refractivity contribution in [3.8, 4) is 0 Å². The number of hydrogen-bond donors (Lipinski definition) is 4. The summed E-state index contributed by atoms with van der Waals surface area (Å²) in [4.78, 5) is 15.5. The van der Waals surface area contributed by atoms with Gasteiger partial charge in [0.1, 0.15) is 17.9 Å². The molecule has 0 radical (unpaired) electrons. The highest BCUT2D eigenvalue weighted by molar-refractivity contribution is 6.02. The molecule has 9 nitrogen and oxygen atoms in total. The summed E-state index contributed by atoms with van der Waals surface area (Å²) >= 11 is 0. The Bertz CT molecular complexity index is 745. The van der Waals surface area contributed by atoms with Crippen molar-refractivity contribution in [1.29, 1.82) is 0 Å². The predicted molar refractivity (Wildman–Crippen MR) is 75.9 cm³/mol. The van der Waals surface area contributed by atoms with Gasteiger partial charge in [0.2, 0.25) is 0 Å². The van der Waals surface area contributed by atoms with Crippen LogP contribution in [-0.4, -0.2) is 49.0 Å². The molecule has 1 aliphatic heterocycles. The molecule has 6 N–H and O–H groups in total. The molecule has 2 aromatic heterocycles. The molecule has 3 heterocycles. The maximum atomic E-state index is 11.6. The van der Waals surface area contributed by atoms with E-state index in [4.69, 9.17) is 16.2 Å². The van der Waals surface area contributed by atoms with E-state index in [1.807, 2.05) is 0 Å². The van der Waals surface area contributed by atoms with Gasteiger partial charge in [-0.25, -0.2) is 9.50 Å². The number of aliphatic hydroxyl groups is 2. The number of anilines is 1. The van der Waals surface area contributed by atoms with Crippen LogP contribution in [0.2, 0.25) is 0 Å². The zero-order valence-electron chi connectivity index (χ0n) is 11.9. The summed E-state index contributed by atoms with van der Waals surface area (Å²) in [6, 6.07) is 1.49. The van der Waals surface area contributed by atoms with Gasteiger partial charge in [0.25, 0.3) is 5.91 Å². The SMILES string of the molecule is CC1(CO)CC(O)C(c2cc(C(N)=O)c3c(N)ncnn23)O1. The van der Waals surface area contributed by atoms with Crippen LogP contribution in [0, 0.1) is 0 Å². The second-order valence-corrected chi connectivity index (χ2v) is 5.67. The summed E-state index contributed by atoms with van der Waals surface area (Å²) in [5.41, 5.74) is 11.2. The minimum absolute atomic E-state index is 0.104. The Labute approximate surface area is 125 Å². The van der Waals surface area contributed by atoms with Gasteiger partial charge in [-0.3, -0.25) is 4.79 Å². The molecule has 3 atom stereocenters. The number of fused-ring (bicyclic) bond motifs is 1. The molecule has 1 saturated heterocycles. The van der Waals surface area contributed by atoms with Crippen molar-refractivity contribution in [2.45, 2.75) is 31.2 Å². The summed E-state index contributed by atoms with van der Waals surface area (Å²) in [5, 5.41) is 23.7. The number of carbonyl (C=O) groups excluding carboxylic acids is 1. The van der Waals surface area contributed by atoms with Gasteiger partial charge in [-0.2, -0.15) is 5.10 Å². The molecule has 0 bridgehead atoms. The number of carbonyl (C=O) groups is 1. The molecule has 0 spiro atoms. The van der Waals surface area contributed by atoms with Crippen molar-refractivity contribution >= 4 is 17.2 Å². The molecule has 1 fully saturated rings. The fourth-order valence-corrected chi connectivity index (χ4v) is 2.82. The first kappa shape index (κ1) is 14.7. The lowest BCUT2D eigenvalue weighted by Crippen LogP contribution is -2.28. The Kier molecular flexibility index (Phi) is 3.28. The number of primary amides is 1. The number of nitrogens with two attached hydrogens (primary N) is 2. The first-order chi connectivity index (χ1) is 10.4. The Morgan fingerprint density at radius 3 is 2.95 bits per heavy atom. The van der Waals surface area contributed by atoms with Gasteiger partial charge in [0, 0.05) is 6.42 Å². The monoisotopic (exact) mass is 307 g/mol.